The highest BCUT2D eigenvalue weighted by Crippen LogP contribution is 2.18. The van der Waals surface area contributed by atoms with Crippen molar-refractivity contribution < 1.29 is 0 Å². The number of halogens is 2. The SMILES string of the molecule is CC.CCn1c(C)c(CCNC)c2c1=C(Cl)C=CCC=2Cl.CN/C=C/C=C\C1=CCCCCC1. The number of likely N-dealkylation sites (N-methyl/N-ethyl adjacent to an activating group) is 1. The molecule has 0 radical (unpaired) electrons. The molecule has 0 saturated carbocycles. The van der Waals surface area contributed by atoms with Crippen molar-refractivity contribution in [1.82, 2.24) is 15.2 Å². The molecule has 0 unspecified atom stereocenters. The quantitative estimate of drug-likeness (QED) is 0.418. The summed E-state index contributed by atoms with van der Waals surface area (Å²) in [4.78, 5) is 0. The molecule has 1 aromatic rings. The number of hydrogen-bond acceptors (Lipinski definition) is 2. The van der Waals surface area contributed by atoms with Gasteiger partial charge in [0.2, 0.25) is 0 Å². The van der Waals surface area contributed by atoms with E-state index < -0.39 is 0 Å². The van der Waals surface area contributed by atoms with Gasteiger partial charge in [-0.2, -0.15) is 0 Å². The van der Waals surface area contributed by atoms with E-state index in [4.69, 9.17) is 23.2 Å². The van der Waals surface area contributed by atoms with E-state index in [1.165, 1.54) is 48.9 Å². The Morgan fingerprint density at radius 3 is 2.53 bits per heavy atom. The zero-order valence-corrected chi connectivity index (χ0v) is 23.6. The molecule has 0 saturated heterocycles. The molecule has 34 heavy (non-hydrogen) atoms. The predicted molar refractivity (Wildman–Crippen MR) is 154 cm³/mol. The molecule has 0 amide bonds. The number of fused-ring (bicyclic) bond motifs is 1. The van der Waals surface area contributed by atoms with Crippen LogP contribution in [0.15, 0.2) is 48.2 Å². The summed E-state index contributed by atoms with van der Waals surface area (Å²) in [6, 6.07) is 0. The molecule has 3 rings (SSSR count). The molecule has 1 aromatic heterocycles. The van der Waals surface area contributed by atoms with Crippen molar-refractivity contribution in [3.63, 3.8) is 0 Å². The van der Waals surface area contributed by atoms with Crippen LogP contribution < -0.4 is 21.2 Å². The summed E-state index contributed by atoms with van der Waals surface area (Å²) in [5.41, 5.74) is 4.09. The van der Waals surface area contributed by atoms with Gasteiger partial charge in [-0.15, -0.1) is 0 Å². The second kappa shape index (κ2) is 17.7. The molecule has 5 heteroatoms. The van der Waals surface area contributed by atoms with Gasteiger partial charge in [-0.05, 0) is 83.5 Å². The molecule has 0 fully saturated rings. The number of allylic oxidation sites excluding steroid dienone is 7. The summed E-state index contributed by atoms with van der Waals surface area (Å²) in [5, 5.41) is 10.1. The first-order chi connectivity index (χ1) is 16.5. The molecular weight excluding hydrogens is 461 g/mol. The second-order valence-electron chi connectivity index (χ2n) is 8.13. The Hall–Kier alpha value is -1.68. The highest BCUT2D eigenvalue weighted by Gasteiger charge is 2.15. The van der Waals surface area contributed by atoms with Crippen LogP contribution in [0, 0.1) is 6.92 Å². The summed E-state index contributed by atoms with van der Waals surface area (Å²) in [6.45, 7) is 10.1. The minimum absolute atomic E-state index is 0.754. The van der Waals surface area contributed by atoms with Gasteiger partial charge in [0.25, 0.3) is 0 Å². The topological polar surface area (TPSA) is 29.0 Å². The summed E-state index contributed by atoms with van der Waals surface area (Å²) < 4.78 is 2.26. The van der Waals surface area contributed by atoms with Gasteiger partial charge in [-0.1, -0.05) is 73.3 Å². The molecule has 0 bridgehead atoms. The van der Waals surface area contributed by atoms with Crippen LogP contribution in [0.3, 0.4) is 0 Å². The normalized spacial score (nSPS) is 15.7. The van der Waals surface area contributed by atoms with E-state index in [9.17, 15) is 0 Å². The average molecular weight is 507 g/mol. The largest absolute Gasteiger partial charge is 0.394 e. The van der Waals surface area contributed by atoms with Gasteiger partial charge >= 0.3 is 0 Å². The predicted octanol–water partition coefficient (Wildman–Crippen LogP) is 6.42. The standard InChI is InChI=1S/C15H20Cl2N2.C12H19N.C2H6/c1-4-19-10(2)11(8-9-18-3)14-12(16)6-5-7-13(17)15(14)19;1-13-11-7-6-10-12-8-4-2-3-5-9-12;1-2/h5,7,18H,4,6,8-9H2,1-3H3;6-8,10-11,13H,2-5,9H2,1H3;1-2H3/b;10-6-,11-7+;. The van der Waals surface area contributed by atoms with Crippen LogP contribution in [0.1, 0.15) is 70.6 Å². The number of rotatable bonds is 7. The van der Waals surface area contributed by atoms with Crippen molar-refractivity contribution in [2.75, 3.05) is 20.6 Å². The zero-order valence-electron chi connectivity index (χ0n) is 22.1. The van der Waals surface area contributed by atoms with Crippen LogP contribution in [-0.2, 0) is 13.0 Å². The van der Waals surface area contributed by atoms with Gasteiger partial charge < -0.3 is 15.2 Å². The van der Waals surface area contributed by atoms with Crippen molar-refractivity contribution in [3.05, 3.63) is 70.1 Å². The minimum atomic E-state index is 0.754. The minimum Gasteiger partial charge on any atom is -0.394 e. The molecule has 0 spiro atoms. The molecule has 2 aliphatic carbocycles. The maximum atomic E-state index is 6.50. The van der Waals surface area contributed by atoms with E-state index in [1.807, 2.05) is 52.4 Å². The van der Waals surface area contributed by atoms with Crippen LogP contribution in [0.2, 0.25) is 0 Å². The highest BCUT2D eigenvalue weighted by atomic mass is 35.5. The number of hydrogen-bond donors (Lipinski definition) is 2. The van der Waals surface area contributed by atoms with E-state index in [2.05, 4.69) is 47.3 Å². The summed E-state index contributed by atoms with van der Waals surface area (Å²) in [5.74, 6) is 0. The van der Waals surface area contributed by atoms with Crippen molar-refractivity contribution in [3.8, 4) is 0 Å². The Morgan fingerprint density at radius 2 is 1.85 bits per heavy atom. The van der Waals surface area contributed by atoms with Crippen LogP contribution in [-0.4, -0.2) is 25.2 Å². The van der Waals surface area contributed by atoms with E-state index in [0.29, 0.717) is 0 Å². The summed E-state index contributed by atoms with van der Waals surface area (Å²) >= 11 is 12.9. The van der Waals surface area contributed by atoms with Gasteiger partial charge in [0.05, 0.1) is 10.4 Å². The smallest absolute Gasteiger partial charge is 0.0686 e. The lowest BCUT2D eigenvalue weighted by molar-refractivity contribution is 0.711. The van der Waals surface area contributed by atoms with Crippen molar-refractivity contribution in [1.29, 1.82) is 0 Å². The maximum Gasteiger partial charge on any atom is 0.0686 e. The van der Waals surface area contributed by atoms with E-state index >= 15 is 0 Å². The highest BCUT2D eigenvalue weighted by molar-refractivity contribution is 6.48. The maximum absolute atomic E-state index is 6.50. The Balaban J connectivity index is 0.000000337. The zero-order chi connectivity index (χ0) is 25.3. The van der Waals surface area contributed by atoms with Gasteiger partial charge in [0, 0.05) is 36.0 Å². The Labute approximate surface area is 218 Å². The third-order valence-corrected chi connectivity index (χ3v) is 6.56. The third-order valence-electron chi connectivity index (χ3n) is 5.91. The van der Waals surface area contributed by atoms with Crippen LogP contribution >= 0.6 is 23.2 Å². The molecule has 3 nitrogen and oxygen atoms in total. The molecular formula is C29H45Cl2N3. The molecule has 0 atom stereocenters. The fourth-order valence-corrected chi connectivity index (χ4v) is 4.83. The first kappa shape index (κ1) is 30.4. The summed E-state index contributed by atoms with van der Waals surface area (Å²) in [7, 11) is 3.88. The second-order valence-corrected chi connectivity index (χ2v) is 8.99. The average Bonchev–Trinajstić information content (AvgIpc) is 3.01. The third kappa shape index (κ3) is 9.17. The van der Waals surface area contributed by atoms with E-state index in [-0.39, 0.29) is 0 Å². The van der Waals surface area contributed by atoms with E-state index in [1.54, 1.807) is 0 Å². The molecule has 190 valence electrons. The Morgan fingerprint density at radius 1 is 1.09 bits per heavy atom. The van der Waals surface area contributed by atoms with Crippen molar-refractivity contribution in [2.45, 2.75) is 79.2 Å². The number of nitrogens with one attached hydrogen (secondary N) is 2. The lowest BCUT2D eigenvalue weighted by Gasteiger charge is -2.05. The van der Waals surface area contributed by atoms with Gasteiger partial charge in [0.1, 0.15) is 0 Å². The lowest BCUT2D eigenvalue weighted by atomic mass is 10.1. The number of aromatic nitrogens is 1. The molecule has 2 N–H and O–H groups in total. The summed E-state index contributed by atoms with van der Waals surface area (Å²) in [6.07, 6.45) is 23.0. The van der Waals surface area contributed by atoms with Crippen LogP contribution in [0.25, 0.3) is 10.1 Å². The van der Waals surface area contributed by atoms with Crippen molar-refractivity contribution >= 4 is 33.3 Å². The Kier molecular flexibility index (Phi) is 15.8. The van der Waals surface area contributed by atoms with E-state index in [0.717, 1.165) is 46.6 Å². The monoisotopic (exact) mass is 505 g/mol. The van der Waals surface area contributed by atoms with Crippen LogP contribution in [0.5, 0.6) is 0 Å². The van der Waals surface area contributed by atoms with Gasteiger partial charge in [-0.25, -0.2) is 0 Å². The first-order valence-electron chi connectivity index (χ1n) is 12.8. The Bertz CT molecular complexity index is 978. The fourth-order valence-electron chi connectivity index (χ4n) is 4.25. The van der Waals surface area contributed by atoms with Crippen molar-refractivity contribution in [2.24, 2.45) is 0 Å². The lowest BCUT2D eigenvalue weighted by Crippen LogP contribution is -2.32. The van der Waals surface area contributed by atoms with Crippen LogP contribution in [0.4, 0.5) is 0 Å². The molecule has 1 heterocycles. The molecule has 0 aliphatic heterocycles. The first-order valence-corrected chi connectivity index (χ1v) is 13.6. The fraction of sp³-hybridized carbons (Fsp3) is 0.517. The molecule has 0 aromatic carbocycles. The van der Waals surface area contributed by atoms with Gasteiger partial charge in [0.15, 0.2) is 0 Å². The molecule has 2 aliphatic rings. The van der Waals surface area contributed by atoms with Gasteiger partial charge in [-0.3, -0.25) is 0 Å². The number of nitrogens with zero attached hydrogens (tertiary/aromatic N) is 1.